The van der Waals surface area contributed by atoms with Crippen molar-refractivity contribution in [3.8, 4) is 0 Å². The van der Waals surface area contributed by atoms with Crippen LogP contribution in [0.2, 0.25) is 0 Å². The van der Waals surface area contributed by atoms with Crippen LogP contribution in [-0.2, 0) is 9.59 Å². The van der Waals surface area contributed by atoms with E-state index in [1.165, 1.54) is 0 Å². The predicted octanol–water partition coefficient (Wildman–Crippen LogP) is 2.29. The second-order valence-corrected chi connectivity index (χ2v) is 5.77. The number of amides is 2. The smallest absolute Gasteiger partial charge is 0.248 e. The Morgan fingerprint density at radius 2 is 1.81 bits per heavy atom. The molecule has 1 fully saturated rings. The van der Waals surface area contributed by atoms with Crippen molar-refractivity contribution in [3.63, 3.8) is 0 Å². The standard InChI is InChI=1S/C17H22N2O2/c1-5-12(4)19-15(13-9-7-6-8-10-13)16(20)18-14(11(2)3)17(19)21/h5-12,14-15H,1H2,2-4H3,(H,18,20). The Morgan fingerprint density at radius 3 is 2.33 bits per heavy atom. The number of piperazine rings is 1. The first-order chi connectivity index (χ1) is 9.97. The predicted molar refractivity (Wildman–Crippen MR) is 82.5 cm³/mol. The molecule has 21 heavy (non-hydrogen) atoms. The van der Waals surface area contributed by atoms with E-state index >= 15 is 0 Å². The summed E-state index contributed by atoms with van der Waals surface area (Å²) in [6.07, 6.45) is 1.70. The fourth-order valence-electron chi connectivity index (χ4n) is 2.66. The molecule has 1 N–H and O–H groups in total. The van der Waals surface area contributed by atoms with Gasteiger partial charge >= 0.3 is 0 Å². The number of hydrogen-bond acceptors (Lipinski definition) is 2. The van der Waals surface area contributed by atoms with Gasteiger partial charge < -0.3 is 10.2 Å². The quantitative estimate of drug-likeness (QED) is 0.863. The highest BCUT2D eigenvalue weighted by Crippen LogP contribution is 2.29. The number of rotatable bonds is 4. The van der Waals surface area contributed by atoms with Crippen molar-refractivity contribution in [3.05, 3.63) is 48.6 Å². The van der Waals surface area contributed by atoms with Gasteiger partial charge in [-0.2, -0.15) is 0 Å². The molecule has 1 aromatic rings. The number of hydrogen-bond donors (Lipinski definition) is 1. The van der Waals surface area contributed by atoms with E-state index in [9.17, 15) is 9.59 Å². The summed E-state index contributed by atoms with van der Waals surface area (Å²) in [5.74, 6) is -0.128. The molecule has 1 heterocycles. The monoisotopic (exact) mass is 286 g/mol. The average Bonchev–Trinajstić information content (AvgIpc) is 2.48. The molecule has 3 unspecified atom stereocenters. The maximum atomic E-state index is 12.8. The van der Waals surface area contributed by atoms with Crippen LogP contribution in [0, 0.1) is 5.92 Å². The summed E-state index contributed by atoms with van der Waals surface area (Å²) in [5, 5.41) is 2.86. The Kier molecular flexibility index (Phi) is 4.46. The molecule has 0 aliphatic carbocycles. The van der Waals surface area contributed by atoms with Gasteiger partial charge in [-0.25, -0.2) is 0 Å². The zero-order chi connectivity index (χ0) is 15.6. The molecule has 1 aromatic carbocycles. The summed E-state index contributed by atoms with van der Waals surface area (Å²) in [4.78, 5) is 27.0. The average molecular weight is 286 g/mol. The van der Waals surface area contributed by atoms with Crippen LogP contribution in [0.3, 0.4) is 0 Å². The Bertz CT molecular complexity index is 539. The molecule has 1 aliphatic rings. The van der Waals surface area contributed by atoms with E-state index in [-0.39, 0.29) is 23.8 Å². The molecule has 3 atom stereocenters. The molecule has 1 aliphatic heterocycles. The van der Waals surface area contributed by atoms with Gasteiger partial charge in [0.05, 0.1) is 0 Å². The lowest BCUT2D eigenvalue weighted by Crippen LogP contribution is -2.62. The maximum absolute atomic E-state index is 12.8. The second kappa shape index (κ2) is 6.12. The highest BCUT2D eigenvalue weighted by Gasteiger charge is 2.43. The fraction of sp³-hybridized carbons (Fsp3) is 0.412. The number of nitrogens with zero attached hydrogens (tertiary/aromatic N) is 1. The SMILES string of the molecule is C=CC(C)N1C(=O)C(C(C)C)NC(=O)C1c1ccccc1. The van der Waals surface area contributed by atoms with Crippen LogP contribution < -0.4 is 5.32 Å². The molecule has 112 valence electrons. The molecule has 0 radical (unpaired) electrons. The van der Waals surface area contributed by atoms with Crippen LogP contribution in [0.1, 0.15) is 32.4 Å². The van der Waals surface area contributed by atoms with E-state index in [0.29, 0.717) is 0 Å². The molecular weight excluding hydrogens is 264 g/mol. The van der Waals surface area contributed by atoms with Crippen molar-refractivity contribution in [1.82, 2.24) is 10.2 Å². The normalized spacial score (nSPS) is 23.9. The summed E-state index contributed by atoms with van der Waals surface area (Å²) in [7, 11) is 0. The topological polar surface area (TPSA) is 49.4 Å². The van der Waals surface area contributed by atoms with Gasteiger partial charge in [0.2, 0.25) is 11.8 Å². The third-order valence-corrected chi connectivity index (χ3v) is 3.91. The van der Waals surface area contributed by atoms with Crippen LogP contribution in [-0.4, -0.2) is 28.8 Å². The van der Waals surface area contributed by atoms with Crippen molar-refractivity contribution in [2.75, 3.05) is 0 Å². The molecule has 0 bridgehead atoms. The maximum Gasteiger partial charge on any atom is 0.248 e. The summed E-state index contributed by atoms with van der Waals surface area (Å²) >= 11 is 0. The Balaban J connectivity index is 2.45. The third kappa shape index (κ3) is 2.84. The second-order valence-electron chi connectivity index (χ2n) is 5.77. The van der Waals surface area contributed by atoms with Crippen molar-refractivity contribution in [2.24, 2.45) is 5.92 Å². The molecule has 2 amide bonds. The van der Waals surface area contributed by atoms with E-state index in [1.54, 1.807) is 11.0 Å². The fourth-order valence-corrected chi connectivity index (χ4v) is 2.66. The minimum Gasteiger partial charge on any atom is -0.342 e. The van der Waals surface area contributed by atoms with Gasteiger partial charge in [0.1, 0.15) is 12.1 Å². The van der Waals surface area contributed by atoms with Crippen molar-refractivity contribution < 1.29 is 9.59 Å². The lowest BCUT2D eigenvalue weighted by molar-refractivity contribution is -0.152. The van der Waals surface area contributed by atoms with Crippen molar-refractivity contribution in [2.45, 2.75) is 38.9 Å². The lowest BCUT2D eigenvalue weighted by atomic mass is 9.93. The van der Waals surface area contributed by atoms with E-state index in [4.69, 9.17) is 0 Å². The van der Waals surface area contributed by atoms with Gasteiger partial charge in [0, 0.05) is 6.04 Å². The highest BCUT2D eigenvalue weighted by molar-refractivity contribution is 5.98. The van der Waals surface area contributed by atoms with E-state index in [1.807, 2.05) is 51.1 Å². The van der Waals surface area contributed by atoms with Crippen LogP contribution in [0.5, 0.6) is 0 Å². The van der Waals surface area contributed by atoms with Gasteiger partial charge in [-0.05, 0) is 18.4 Å². The summed E-state index contributed by atoms with van der Waals surface area (Å²) < 4.78 is 0. The molecule has 4 nitrogen and oxygen atoms in total. The first-order valence-electron chi connectivity index (χ1n) is 7.27. The molecule has 1 saturated heterocycles. The molecule has 0 aromatic heterocycles. The van der Waals surface area contributed by atoms with Gasteiger partial charge in [0.15, 0.2) is 0 Å². The summed E-state index contributed by atoms with van der Waals surface area (Å²) in [6, 6.07) is 8.11. The Labute approximate surface area is 125 Å². The number of carbonyl (C=O) groups is 2. The molecule has 2 rings (SSSR count). The lowest BCUT2D eigenvalue weighted by Gasteiger charge is -2.42. The van der Waals surface area contributed by atoms with Gasteiger partial charge in [0.25, 0.3) is 0 Å². The van der Waals surface area contributed by atoms with Crippen LogP contribution in [0.4, 0.5) is 0 Å². The van der Waals surface area contributed by atoms with Gasteiger partial charge in [-0.3, -0.25) is 9.59 Å². The highest BCUT2D eigenvalue weighted by atomic mass is 16.2. The molecule has 0 spiro atoms. The van der Waals surface area contributed by atoms with Crippen LogP contribution in [0.25, 0.3) is 0 Å². The molecular formula is C17H22N2O2. The first kappa shape index (κ1) is 15.3. The van der Waals surface area contributed by atoms with Gasteiger partial charge in [-0.1, -0.05) is 50.3 Å². The number of carbonyl (C=O) groups excluding carboxylic acids is 2. The summed E-state index contributed by atoms with van der Waals surface area (Å²) in [6.45, 7) is 9.52. The van der Waals surface area contributed by atoms with E-state index in [2.05, 4.69) is 11.9 Å². The molecule has 0 saturated carbocycles. The van der Waals surface area contributed by atoms with Crippen molar-refractivity contribution in [1.29, 1.82) is 0 Å². The third-order valence-electron chi connectivity index (χ3n) is 3.91. The largest absolute Gasteiger partial charge is 0.342 e. The van der Waals surface area contributed by atoms with Crippen molar-refractivity contribution >= 4 is 11.8 Å². The summed E-state index contributed by atoms with van der Waals surface area (Å²) in [5.41, 5.74) is 0.819. The van der Waals surface area contributed by atoms with E-state index < -0.39 is 12.1 Å². The van der Waals surface area contributed by atoms with Crippen LogP contribution in [0.15, 0.2) is 43.0 Å². The number of nitrogens with one attached hydrogen (secondary N) is 1. The molecule has 4 heteroatoms. The first-order valence-corrected chi connectivity index (χ1v) is 7.27. The Hall–Kier alpha value is -2.10. The minimum atomic E-state index is -0.596. The minimum absolute atomic E-state index is 0.0501. The Morgan fingerprint density at radius 1 is 1.19 bits per heavy atom. The van der Waals surface area contributed by atoms with Crippen LogP contribution >= 0.6 is 0 Å². The van der Waals surface area contributed by atoms with Gasteiger partial charge in [-0.15, -0.1) is 6.58 Å². The number of benzene rings is 1. The van der Waals surface area contributed by atoms with E-state index in [0.717, 1.165) is 5.56 Å². The zero-order valence-electron chi connectivity index (χ0n) is 12.7. The zero-order valence-corrected chi connectivity index (χ0v) is 12.7.